The van der Waals surface area contributed by atoms with Crippen molar-refractivity contribution >= 4 is 52.6 Å². The lowest BCUT2D eigenvalue weighted by molar-refractivity contribution is -0.183. The Morgan fingerprint density at radius 3 is 2.80 bits per heavy atom. The number of allylic oxidation sites excluding steroid dienone is 4. The molecule has 4 N–H and O–H groups in total. The van der Waals surface area contributed by atoms with Gasteiger partial charge in [-0.25, -0.2) is 4.79 Å². The van der Waals surface area contributed by atoms with Gasteiger partial charge >= 0.3 is 5.97 Å². The molecular weight excluding hydrogens is 514 g/mol. The van der Waals surface area contributed by atoms with Crippen LogP contribution >= 0.6 is 34.9 Å². The zero-order chi connectivity index (χ0) is 25.3. The van der Waals surface area contributed by atoms with Gasteiger partial charge in [0.25, 0.3) is 5.91 Å². The van der Waals surface area contributed by atoms with Gasteiger partial charge in [0.05, 0.1) is 12.9 Å². The molecule has 3 unspecified atom stereocenters. The highest BCUT2D eigenvalue weighted by molar-refractivity contribution is 8.02. The molecule has 1 fully saturated rings. The molecule has 4 atom stereocenters. The summed E-state index contributed by atoms with van der Waals surface area (Å²) >= 11 is 3.94. The Kier molecular flexibility index (Phi) is 7.57. The van der Waals surface area contributed by atoms with Crippen LogP contribution in [0.2, 0.25) is 0 Å². The average Bonchev–Trinajstić information content (AvgIpc) is 3.27. The van der Waals surface area contributed by atoms with Crippen molar-refractivity contribution in [1.82, 2.24) is 20.4 Å². The number of esters is 1. The van der Waals surface area contributed by atoms with E-state index < -0.39 is 28.3 Å². The number of thioether (sulfide) groups is 2. The second-order valence-corrected chi connectivity index (χ2v) is 11.6. The predicted octanol–water partition coefficient (Wildman–Crippen LogP) is 1.43. The van der Waals surface area contributed by atoms with Crippen LogP contribution in [0.5, 0.6) is 0 Å². The summed E-state index contributed by atoms with van der Waals surface area (Å²) in [5.41, 5.74) is 5.06. The summed E-state index contributed by atoms with van der Waals surface area (Å²) in [6, 6.07) is 0. The molecule has 0 aromatic carbocycles. The maximum atomic E-state index is 13.0. The van der Waals surface area contributed by atoms with E-state index >= 15 is 0 Å². The van der Waals surface area contributed by atoms with Crippen molar-refractivity contribution in [2.45, 2.75) is 40.6 Å². The lowest BCUT2D eigenvalue weighted by Gasteiger charge is -2.55. The fraction of sp³-hybridized carbons (Fsp3) is 0.476. The van der Waals surface area contributed by atoms with Gasteiger partial charge in [0, 0.05) is 30.8 Å². The van der Waals surface area contributed by atoms with Crippen LogP contribution in [0.1, 0.15) is 17.8 Å². The monoisotopic (exact) mass is 539 g/mol. The number of aromatic nitrogens is 2. The lowest BCUT2D eigenvalue weighted by atomic mass is 9.95. The third-order valence-corrected chi connectivity index (χ3v) is 9.34. The van der Waals surface area contributed by atoms with E-state index in [0.717, 1.165) is 5.01 Å². The molecule has 3 heterocycles. The van der Waals surface area contributed by atoms with Crippen LogP contribution in [-0.2, 0) is 23.9 Å². The number of aryl methyl sites for hydroxylation is 1. The number of aliphatic hydroxyl groups is 1. The third kappa shape index (κ3) is 4.85. The Morgan fingerprint density at radius 2 is 2.17 bits per heavy atom. The van der Waals surface area contributed by atoms with Crippen LogP contribution in [0.25, 0.3) is 0 Å². The number of fused-ring (bicyclic) bond motifs is 1. The second kappa shape index (κ2) is 10.3. The topological polar surface area (TPSA) is 157 Å². The van der Waals surface area contributed by atoms with Crippen LogP contribution in [0.15, 0.2) is 39.6 Å². The summed E-state index contributed by atoms with van der Waals surface area (Å²) in [5.74, 6) is -1.56. The molecule has 14 heteroatoms. The fourth-order valence-corrected chi connectivity index (χ4v) is 7.45. The molecular formula is C21H25N5O6S3. The fourth-order valence-electron chi connectivity index (χ4n) is 3.94. The number of nitrogens with two attached hydrogens (primary N) is 1. The van der Waals surface area contributed by atoms with E-state index in [1.54, 1.807) is 12.2 Å². The molecule has 0 bridgehead atoms. The molecule has 35 heavy (non-hydrogen) atoms. The maximum absolute atomic E-state index is 13.0. The van der Waals surface area contributed by atoms with E-state index in [1.807, 2.05) is 13.0 Å². The second-order valence-electron chi connectivity index (χ2n) is 8.01. The minimum atomic E-state index is -1.64. The lowest BCUT2D eigenvalue weighted by Crippen LogP contribution is -2.79. The Labute approximate surface area is 214 Å². The average molecular weight is 540 g/mol. The van der Waals surface area contributed by atoms with E-state index in [1.165, 1.54) is 54.0 Å². The molecule has 1 saturated heterocycles. The first-order chi connectivity index (χ1) is 16.7. The summed E-state index contributed by atoms with van der Waals surface area (Å²) < 4.78 is 11.0. The number of nitrogens with zero attached hydrogens (tertiary/aromatic N) is 3. The Hall–Kier alpha value is -2.39. The largest absolute Gasteiger partial charge is 0.512 e. The Morgan fingerprint density at radius 1 is 1.40 bits per heavy atom. The van der Waals surface area contributed by atoms with Crippen molar-refractivity contribution in [2.75, 3.05) is 20.0 Å². The molecule has 1 aromatic rings. The Balaban J connectivity index is 1.64. The van der Waals surface area contributed by atoms with Crippen molar-refractivity contribution in [3.8, 4) is 0 Å². The standard InChI is InChI=1S/C21H25N5O6S3/c1-10-24-25-20(34-10)33-9-12-15(17(29)31-2)26-18(30)21(22,32-3)19(26)35-16(12)23-14(28)8-11-6-4-5-7-13(11)27/h4-5,7,11,16,19,27H,6,8-9,22H2,1-3H3,(H,23,28)/t11?,16?,19-,21?/m1/s1. The van der Waals surface area contributed by atoms with Gasteiger partial charge in [-0.15, -0.1) is 22.0 Å². The number of hydrogen-bond donors (Lipinski definition) is 3. The smallest absolute Gasteiger partial charge is 0.354 e. The highest BCUT2D eigenvalue weighted by Crippen LogP contribution is 2.49. The zero-order valence-corrected chi connectivity index (χ0v) is 21.7. The van der Waals surface area contributed by atoms with Crippen molar-refractivity contribution < 1.29 is 29.0 Å². The van der Waals surface area contributed by atoms with E-state index in [0.29, 0.717) is 16.3 Å². The van der Waals surface area contributed by atoms with Gasteiger partial charge in [-0.05, 0) is 19.4 Å². The van der Waals surface area contributed by atoms with E-state index in [-0.39, 0.29) is 35.5 Å². The molecule has 4 rings (SSSR count). The third-order valence-electron chi connectivity index (χ3n) is 5.82. The van der Waals surface area contributed by atoms with E-state index in [4.69, 9.17) is 15.2 Å². The van der Waals surface area contributed by atoms with Crippen LogP contribution in [-0.4, -0.2) is 74.4 Å². The van der Waals surface area contributed by atoms with Crippen LogP contribution in [0.4, 0.5) is 0 Å². The minimum absolute atomic E-state index is 0.0294. The van der Waals surface area contributed by atoms with Gasteiger partial charge in [0.1, 0.15) is 21.5 Å². The molecule has 2 aliphatic heterocycles. The number of carbonyl (C=O) groups excluding carboxylic acids is 3. The molecule has 11 nitrogen and oxygen atoms in total. The normalized spacial score (nSPS) is 27.8. The number of carbonyl (C=O) groups is 3. The summed E-state index contributed by atoms with van der Waals surface area (Å²) in [5, 5.41) is 20.5. The van der Waals surface area contributed by atoms with Crippen molar-refractivity contribution in [1.29, 1.82) is 0 Å². The van der Waals surface area contributed by atoms with Gasteiger partial charge in [-0.1, -0.05) is 35.3 Å². The number of rotatable bonds is 8. The van der Waals surface area contributed by atoms with Gasteiger partial charge in [0.15, 0.2) is 4.34 Å². The molecule has 2 amide bonds. The molecule has 3 aliphatic rings. The maximum Gasteiger partial charge on any atom is 0.354 e. The van der Waals surface area contributed by atoms with Crippen molar-refractivity contribution in [2.24, 2.45) is 11.7 Å². The van der Waals surface area contributed by atoms with Gasteiger partial charge in [0.2, 0.25) is 11.6 Å². The number of amides is 2. The number of aliphatic hydroxyl groups excluding tert-OH is 1. The highest BCUT2D eigenvalue weighted by atomic mass is 32.2. The van der Waals surface area contributed by atoms with Crippen LogP contribution in [0.3, 0.4) is 0 Å². The van der Waals surface area contributed by atoms with Crippen molar-refractivity contribution in [3.05, 3.63) is 40.3 Å². The quantitative estimate of drug-likeness (QED) is 0.190. The van der Waals surface area contributed by atoms with Gasteiger partial charge < -0.3 is 19.9 Å². The zero-order valence-electron chi connectivity index (χ0n) is 19.2. The molecule has 0 spiro atoms. The highest BCUT2D eigenvalue weighted by Gasteiger charge is 2.65. The first-order valence-corrected chi connectivity index (χ1v) is 13.4. The summed E-state index contributed by atoms with van der Waals surface area (Å²) in [7, 11) is 2.54. The van der Waals surface area contributed by atoms with Crippen molar-refractivity contribution in [3.63, 3.8) is 0 Å². The SMILES string of the molecule is COC(=O)C1=C(CSc2nnc(C)s2)C(NC(=O)CC2CC=CC=C2O)S[C@H]2N1C(=O)C2(N)OC. The van der Waals surface area contributed by atoms with Gasteiger partial charge in [-0.2, -0.15) is 0 Å². The molecule has 1 aromatic heterocycles. The number of ether oxygens (including phenoxy) is 2. The number of β-lactam (4-membered cyclic amide) rings is 1. The Bertz CT molecular complexity index is 1130. The van der Waals surface area contributed by atoms with Gasteiger partial charge in [-0.3, -0.25) is 20.2 Å². The molecule has 1 aliphatic carbocycles. The van der Waals surface area contributed by atoms with E-state index in [2.05, 4.69) is 15.5 Å². The van der Waals surface area contributed by atoms with Crippen LogP contribution < -0.4 is 11.1 Å². The first-order valence-electron chi connectivity index (χ1n) is 10.6. The minimum Gasteiger partial charge on any atom is -0.512 e. The summed E-state index contributed by atoms with van der Waals surface area (Å²) in [6.07, 6.45) is 5.78. The summed E-state index contributed by atoms with van der Waals surface area (Å²) in [6.45, 7) is 1.83. The molecule has 0 saturated carbocycles. The summed E-state index contributed by atoms with van der Waals surface area (Å²) in [4.78, 5) is 40.0. The van der Waals surface area contributed by atoms with Crippen LogP contribution in [0, 0.1) is 12.8 Å². The molecule has 188 valence electrons. The molecule has 0 radical (unpaired) electrons. The number of methoxy groups -OCH3 is 2. The number of hydrogen-bond acceptors (Lipinski definition) is 12. The predicted molar refractivity (Wildman–Crippen MR) is 131 cm³/mol. The van der Waals surface area contributed by atoms with E-state index in [9.17, 15) is 19.5 Å². The number of nitrogens with one attached hydrogen (secondary N) is 1. The first kappa shape index (κ1) is 25.7.